The van der Waals surface area contributed by atoms with Crippen molar-refractivity contribution in [3.63, 3.8) is 0 Å². The normalized spacial score (nSPS) is 19.2. The minimum Gasteiger partial charge on any atom is -0.478 e. The molecule has 1 aliphatic heterocycles. The molecule has 136 valence electrons. The first-order chi connectivity index (χ1) is 12.4. The van der Waals surface area contributed by atoms with E-state index in [2.05, 4.69) is 0 Å². The molecule has 1 amide bonds. The van der Waals surface area contributed by atoms with E-state index in [0.717, 1.165) is 5.56 Å². The number of carboxylic acids is 1. The van der Waals surface area contributed by atoms with E-state index in [4.69, 9.17) is 9.84 Å². The number of benzene rings is 2. The third kappa shape index (κ3) is 3.94. The molecular weight excluding hydrogens is 330 g/mol. The Morgan fingerprint density at radius 2 is 1.88 bits per heavy atom. The number of carbonyl (C=O) groups is 2. The zero-order valence-corrected chi connectivity index (χ0v) is 15.0. The maximum absolute atomic E-state index is 13.0. The van der Waals surface area contributed by atoms with Crippen LogP contribution in [0.3, 0.4) is 0 Å². The fourth-order valence-electron chi connectivity index (χ4n) is 3.24. The van der Waals surface area contributed by atoms with Crippen LogP contribution in [0.5, 0.6) is 0 Å². The van der Waals surface area contributed by atoms with Crippen molar-refractivity contribution in [3.05, 3.63) is 71.3 Å². The van der Waals surface area contributed by atoms with Gasteiger partial charge in [0.25, 0.3) is 0 Å². The van der Waals surface area contributed by atoms with Gasteiger partial charge in [-0.2, -0.15) is 0 Å². The van der Waals surface area contributed by atoms with Crippen LogP contribution in [0.15, 0.2) is 54.6 Å². The van der Waals surface area contributed by atoms with Gasteiger partial charge in [-0.25, -0.2) is 4.79 Å². The summed E-state index contributed by atoms with van der Waals surface area (Å²) in [5, 5.41) is 9.12. The number of nitrogens with zero attached hydrogens (tertiary/aromatic N) is 1. The van der Waals surface area contributed by atoms with Gasteiger partial charge < -0.3 is 14.7 Å². The van der Waals surface area contributed by atoms with Gasteiger partial charge in [0, 0.05) is 0 Å². The minimum absolute atomic E-state index is 0.0261. The lowest BCUT2D eigenvalue weighted by Crippen LogP contribution is -2.56. The lowest BCUT2D eigenvalue weighted by atomic mass is 9.96. The molecule has 1 saturated heterocycles. The SMILES string of the molecule is CC1(C)COC(c2ccccc2)CN1C(=O)Cc1cccc(C(=O)O)c1. The van der Waals surface area contributed by atoms with Crippen molar-refractivity contribution in [1.82, 2.24) is 4.90 Å². The summed E-state index contributed by atoms with van der Waals surface area (Å²) in [4.78, 5) is 25.9. The molecule has 1 heterocycles. The van der Waals surface area contributed by atoms with E-state index in [1.54, 1.807) is 18.2 Å². The molecule has 0 saturated carbocycles. The predicted molar refractivity (Wildman–Crippen MR) is 98.0 cm³/mol. The molecule has 3 rings (SSSR count). The third-order valence-electron chi connectivity index (χ3n) is 4.72. The lowest BCUT2D eigenvalue weighted by Gasteiger charge is -2.45. The average Bonchev–Trinajstić information content (AvgIpc) is 2.62. The van der Waals surface area contributed by atoms with Crippen molar-refractivity contribution in [2.75, 3.05) is 13.2 Å². The molecule has 0 radical (unpaired) electrons. The lowest BCUT2D eigenvalue weighted by molar-refractivity contribution is -0.154. The number of ether oxygens (including phenoxy) is 1. The van der Waals surface area contributed by atoms with E-state index >= 15 is 0 Å². The third-order valence-corrected chi connectivity index (χ3v) is 4.72. The number of aromatic carboxylic acids is 1. The van der Waals surface area contributed by atoms with Crippen molar-refractivity contribution >= 4 is 11.9 Å². The summed E-state index contributed by atoms with van der Waals surface area (Å²) in [6.07, 6.45) is 0.0185. The Morgan fingerprint density at radius 3 is 2.58 bits per heavy atom. The standard InChI is InChI=1S/C21H23NO4/c1-21(2)14-26-18(16-8-4-3-5-9-16)13-22(21)19(23)12-15-7-6-10-17(11-15)20(24)25/h3-11,18H,12-14H2,1-2H3,(H,24,25). The van der Waals surface area contributed by atoms with Crippen molar-refractivity contribution in [2.45, 2.75) is 31.9 Å². The first-order valence-corrected chi connectivity index (χ1v) is 8.66. The first-order valence-electron chi connectivity index (χ1n) is 8.66. The summed E-state index contributed by atoms with van der Waals surface area (Å²) >= 11 is 0. The number of morpholine rings is 1. The van der Waals surface area contributed by atoms with Gasteiger partial charge in [0.05, 0.1) is 30.7 Å². The smallest absolute Gasteiger partial charge is 0.335 e. The van der Waals surface area contributed by atoms with Gasteiger partial charge in [-0.15, -0.1) is 0 Å². The second kappa shape index (κ2) is 7.30. The molecule has 2 aromatic rings. The van der Waals surface area contributed by atoms with Crippen LogP contribution in [0.25, 0.3) is 0 Å². The molecule has 2 aromatic carbocycles. The zero-order chi connectivity index (χ0) is 18.7. The summed E-state index contributed by atoms with van der Waals surface area (Å²) < 4.78 is 5.99. The summed E-state index contributed by atoms with van der Waals surface area (Å²) in [5.74, 6) is -1.02. The highest BCUT2D eigenvalue weighted by Gasteiger charge is 2.38. The van der Waals surface area contributed by atoms with Crippen LogP contribution < -0.4 is 0 Å². The van der Waals surface area contributed by atoms with E-state index < -0.39 is 11.5 Å². The van der Waals surface area contributed by atoms with E-state index in [1.165, 1.54) is 6.07 Å². The minimum atomic E-state index is -0.991. The largest absolute Gasteiger partial charge is 0.478 e. The Balaban J connectivity index is 1.77. The number of carbonyl (C=O) groups excluding carboxylic acids is 1. The summed E-state index contributed by atoms with van der Waals surface area (Å²) in [7, 11) is 0. The number of hydrogen-bond donors (Lipinski definition) is 1. The van der Waals surface area contributed by atoms with E-state index in [0.29, 0.717) is 18.7 Å². The van der Waals surface area contributed by atoms with Crippen molar-refractivity contribution in [2.24, 2.45) is 0 Å². The molecule has 1 atom stereocenters. The van der Waals surface area contributed by atoms with Crippen LogP contribution in [-0.2, 0) is 16.0 Å². The topological polar surface area (TPSA) is 66.8 Å². The molecule has 1 fully saturated rings. The quantitative estimate of drug-likeness (QED) is 0.916. The Bertz CT molecular complexity index is 801. The van der Waals surface area contributed by atoms with Crippen LogP contribution in [0.2, 0.25) is 0 Å². The monoisotopic (exact) mass is 353 g/mol. The average molecular weight is 353 g/mol. The molecule has 0 aromatic heterocycles. The van der Waals surface area contributed by atoms with Crippen LogP contribution in [0, 0.1) is 0 Å². The fourth-order valence-corrected chi connectivity index (χ4v) is 3.24. The number of carboxylic acid groups (broad SMARTS) is 1. The molecule has 1 N–H and O–H groups in total. The van der Waals surface area contributed by atoms with E-state index in [9.17, 15) is 9.59 Å². The van der Waals surface area contributed by atoms with Crippen LogP contribution in [0.4, 0.5) is 0 Å². The zero-order valence-electron chi connectivity index (χ0n) is 15.0. The Hall–Kier alpha value is -2.66. The molecule has 0 bridgehead atoms. The Kier molecular flexibility index (Phi) is 5.09. The maximum Gasteiger partial charge on any atom is 0.335 e. The maximum atomic E-state index is 13.0. The molecular formula is C21H23NO4. The van der Waals surface area contributed by atoms with Crippen LogP contribution in [0.1, 0.15) is 41.4 Å². The summed E-state index contributed by atoms with van der Waals surface area (Å²) in [6.45, 7) is 4.90. The highest BCUT2D eigenvalue weighted by molar-refractivity contribution is 5.88. The Labute approximate surface area is 153 Å². The number of amides is 1. The second-order valence-electron chi connectivity index (χ2n) is 7.21. The van der Waals surface area contributed by atoms with Gasteiger partial charge in [0.2, 0.25) is 5.91 Å². The second-order valence-corrected chi connectivity index (χ2v) is 7.21. The van der Waals surface area contributed by atoms with Crippen molar-refractivity contribution < 1.29 is 19.4 Å². The van der Waals surface area contributed by atoms with Crippen molar-refractivity contribution in [3.8, 4) is 0 Å². The predicted octanol–water partition coefficient (Wildman–Crippen LogP) is 3.31. The number of rotatable bonds is 4. The van der Waals surface area contributed by atoms with Crippen LogP contribution >= 0.6 is 0 Å². The molecule has 5 nitrogen and oxygen atoms in total. The van der Waals surface area contributed by atoms with Gasteiger partial charge in [0.1, 0.15) is 6.10 Å². The fraction of sp³-hybridized carbons (Fsp3) is 0.333. The van der Waals surface area contributed by atoms with Gasteiger partial charge in [-0.05, 0) is 37.1 Å². The Morgan fingerprint density at radius 1 is 1.15 bits per heavy atom. The highest BCUT2D eigenvalue weighted by atomic mass is 16.5. The van der Waals surface area contributed by atoms with Gasteiger partial charge in [0.15, 0.2) is 0 Å². The molecule has 1 unspecified atom stereocenters. The first kappa shape index (κ1) is 18.1. The van der Waals surface area contributed by atoms with E-state index in [-0.39, 0.29) is 24.0 Å². The summed E-state index contributed by atoms with van der Waals surface area (Å²) in [6, 6.07) is 16.4. The molecule has 0 spiro atoms. The highest BCUT2D eigenvalue weighted by Crippen LogP contribution is 2.30. The van der Waals surface area contributed by atoms with Gasteiger partial charge in [-0.3, -0.25) is 4.79 Å². The number of hydrogen-bond acceptors (Lipinski definition) is 3. The van der Waals surface area contributed by atoms with E-state index in [1.807, 2.05) is 49.1 Å². The molecule has 26 heavy (non-hydrogen) atoms. The van der Waals surface area contributed by atoms with Crippen molar-refractivity contribution in [1.29, 1.82) is 0 Å². The molecule has 1 aliphatic rings. The van der Waals surface area contributed by atoms with Gasteiger partial charge in [-0.1, -0.05) is 42.5 Å². The molecule has 0 aliphatic carbocycles. The summed E-state index contributed by atoms with van der Waals surface area (Å²) in [5.41, 5.74) is 1.54. The van der Waals surface area contributed by atoms with Gasteiger partial charge >= 0.3 is 5.97 Å². The van der Waals surface area contributed by atoms with Crippen LogP contribution in [-0.4, -0.2) is 40.6 Å². The molecule has 5 heteroatoms.